The van der Waals surface area contributed by atoms with Gasteiger partial charge in [0.05, 0.1) is 4.90 Å². The lowest BCUT2D eigenvalue weighted by molar-refractivity contribution is -0.222. The second-order valence-corrected chi connectivity index (χ2v) is 8.32. The Morgan fingerprint density at radius 1 is 1.00 bits per heavy atom. The Morgan fingerprint density at radius 2 is 1.62 bits per heavy atom. The third-order valence-electron chi connectivity index (χ3n) is 3.54. The molecule has 0 spiro atoms. The molecule has 1 saturated heterocycles. The maximum atomic E-state index is 12.4. The zero-order valence-electron chi connectivity index (χ0n) is 15.2. The Kier molecular flexibility index (Phi) is 5.44. The number of anilines is 2. The molecule has 10 nitrogen and oxygen atoms in total. The normalized spacial score (nSPS) is 15.9. The Balaban J connectivity index is 1.71. The number of halogens is 1. The van der Waals surface area contributed by atoms with E-state index < -0.39 is 27.7 Å². The average Bonchev–Trinajstić information content (AvgIpc) is 2.62. The number of sulfonamides is 1. The van der Waals surface area contributed by atoms with Crippen LogP contribution in [0.2, 0.25) is 5.15 Å². The highest BCUT2D eigenvalue weighted by Crippen LogP contribution is 2.23. The van der Waals surface area contributed by atoms with Crippen molar-refractivity contribution in [1.82, 2.24) is 10.2 Å². The van der Waals surface area contributed by atoms with E-state index in [9.17, 15) is 18.0 Å². The van der Waals surface area contributed by atoms with Gasteiger partial charge in [0.2, 0.25) is 0 Å². The molecule has 0 unspecified atom stereocenters. The van der Waals surface area contributed by atoms with Crippen LogP contribution < -0.4 is 10.0 Å². The minimum atomic E-state index is -3.90. The molecule has 2 heterocycles. The van der Waals surface area contributed by atoms with E-state index >= 15 is 0 Å². The van der Waals surface area contributed by atoms with E-state index in [0.29, 0.717) is 5.69 Å². The summed E-state index contributed by atoms with van der Waals surface area (Å²) in [5.74, 6) is -2.97. The van der Waals surface area contributed by atoms with Gasteiger partial charge in [-0.15, -0.1) is 10.2 Å². The van der Waals surface area contributed by atoms with Gasteiger partial charge in [-0.05, 0) is 36.4 Å². The van der Waals surface area contributed by atoms with Crippen LogP contribution in [0.5, 0.6) is 0 Å². The number of hydrogen-bond donors (Lipinski definition) is 2. The van der Waals surface area contributed by atoms with Gasteiger partial charge in [0, 0.05) is 25.7 Å². The molecule has 1 aliphatic rings. The molecule has 0 amide bonds. The number of hydrogen-bond acceptors (Lipinski definition) is 9. The predicted molar refractivity (Wildman–Crippen MR) is 102 cm³/mol. The molecule has 12 heteroatoms. The predicted octanol–water partition coefficient (Wildman–Crippen LogP) is 2.06. The number of aromatic nitrogens is 2. The molecule has 2 aromatic rings. The zero-order chi connectivity index (χ0) is 21.2. The standard InChI is InChI=1S/C17H15ClN4O6S/c1-17(2)27-15(23)12(16(24)28-17)9-19-10-3-5-11(6-4-10)29(25,26)22-14-8-7-13(18)20-21-14/h3-9,19H,1-2H3,(H,21,22). The highest BCUT2D eigenvalue weighted by atomic mass is 35.5. The Labute approximate surface area is 170 Å². The van der Waals surface area contributed by atoms with Crippen molar-refractivity contribution in [1.29, 1.82) is 0 Å². The second-order valence-electron chi connectivity index (χ2n) is 6.25. The van der Waals surface area contributed by atoms with Crippen molar-refractivity contribution in [3.8, 4) is 0 Å². The third kappa shape index (κ3) is 5.00. The van der Waals surface area contributed by atoms with Crippen LogP contribution in [-0.2, 0) is 29.1 Å². The smallest absolute Gasteiger partial charge is 0.350 e. The van der Waals surface area contributed by atoms with Crippen LogP contribution in [0, 0.1) is 0 Å². The van der Waals surface area contributed by atoms with E-state index in [2.05, 4.69) is 20.2 Å². The molecule has 1 aliphatic heterocycles. The molecule has 29 heavy (non-hydrogen) atoms. The molecule has 0 saturated carbocycles. The summed E-state index contributed by atoms with van der Waals surface area (Å²) in [6.45, 7) is 2.88. The minimum Gasteiger partial charge on any atom is -0.419 e. The van der Waals surface area contributed by atoms with Crippen molar-refractivity contribution in [2.75, 3.05) is 10.0 Å². The molecule has 1 aromatic carbocycles. The first kappa shape index (κ1) is 20.6. The summed E-state index contributed by atoms with van der Waals surface area (Å²) in [4.78, 5) is 23.7. The number of carbonyl (C=O) groups excluding carboxylic acids is 2. The second kappa shape index (κ2) is 7.68. The van der Waals surface area contributed by atoms with E-state index in [-0.39, 0.29) is 21.4 Å². The zero-order valence-corrected chi connectivity index (χ0v) is 16.7. The molecule has 1 fully saturated rings. The summed E-state index contributed by atoms with van der Waals surface area (Å²) in [7, 11) is -3.90. The van der Waals surface area contributed by atoms with Crippen LogP contribution in [0.4, 0.5) is 11.5 Å². The summed E-state index contributed by atoms with van der Waals surface area (Å²) >= 11 is 5.61. The average molecular weight is 439 g/mol. The van der Waals surface area contributed by atoms with Crippen LogP contribution in [0.3, 0.4) is 0 Å². The first-order chi connectivity index (χ1) is 13.6. The molecule has 3 rings (SSSR count). The number of cyclic esters (lactones) is 2. The molecule has 2 N–H and O–H groups in total. The number of benzene rings is 1. The van der Waals surface area contributed by atoms with E-state index in [1.807, 2.05) is 0 Å². The van der Waals surface area contributed by atoms with E-state index in [0.717, 1.165) is 6.20 Å². The van der Waals surface area contributed by atoms with Crippen LogP contribution in [0.15, 0.2) is 53.1 Å². The van der Waals surface area contributed by atoms with Crippen LogP contribution in [0.1, 0.15) is 13.8 Å². The number of esters is 2. The molecule has 0 aliphatic carbocycles. The van der Waals surface area contributed by atoms with Gasteiger partial charge in [0.25, 0.3) is 15.8 Å². The summed E-state index contributed by atoms with van der Waals surface area (Å²) in [6, 6.07) is 8.32. The Morgan fingerprint density at radius 3 is 2.17 bits per heavy atom. The molecule has 0 bridgehead atoms. The van der Waals surface area contributed by atoms with E-state index in [4.69, 9.17) is 21.1 Å². The summed E-state index contributed by atoms with van der Waals surface area (Å²) in [6.07, 6.45) is 1.13. The molecule has 1 aromatic heterocycles. The number of ether oxygens (including phenoxy) is 2. The maximum absolute atomic E-state index is 12.4. The lowest BCUT2D eigenvalue weighted by Gasteiger charge is -2.29. The number of rotatable bonds is 5. The monoisotopic (exact) mass is 438 g/mol. The summed E-state index contributed by atoms with van der Waals surface area (Å²) in [5, 5.41) is 10.0. The van der Waals surface area contributed by atoms with Crippen molar-refractivity contribution in [2.24, 2.45) is 0 Å². The van der Waals surface area contributed by atoms with E-state index in [1.54, 1.807) is 0 Å². The van der Waals surface area contributed by atoms with Crippen molar-refractivity contribution >= 4 is 45.1 Å². The fraction of sp³-hybridized carbons (Fsp3) is 0.176. The minimum absolute atomic E-state index is 0.0126. The first-order valence-electron chi connectivity index (χ1n) is 8.11. The number of nitrogens with one attached hydrogen (secondary N) is 2. The Bertz CT molecular complexity index is 1060. The SMILES string of the molecule is CC1(C)OC(=O)C(=CNc2ccc(S(=O)(=O)Nc3ccc(Cl)nn3)cc2)C(=O)O1. The van der Waals surface area contributed by atoms with E-state index in [1.165, 1.54) is 50.2 Å². The lowest BCUT2D eigenvalue weighted by Crippen LogP contribution is -2.42. The van der Waals surface area contributed by atoms with Gasteiger partial charge in [-0.3, -0.25) is 4.72 Å². The molecule has 152 valence electrons. The fourth-order valence-electron chi connectivity index (χ4n) is 2.23. The third-order valence-corrected chi connectivity index (χ3v) is 5.11. The van der Waals surface area contributed by atoms with Gasteiger partial charge in [-0.1, -0.05) is 11.6 Å². The van der Waals surface area contributed by atoms with Crippen LogP contribution >= 0.6 is 11.6 Å². The molecular formula is C17H15ClN4O6S. The van der Waals surface area contributed by atoms with Crippen molar-refractivity contribution in [2.45, 2.75) is 24.5 Å². The van der Waals surface area contributed by atoms with Gasteiger partial charge in [0.15, 0.2) is 16.5 Å². The van der Waals surface area contributed by atoms with Gasteiger partial charge >= 0.3 is 11.9 Å². The quantitative estimate of drug-likeness (QED) is 0.408. The van der Waals surface area contributed by atoms with Crippen LogP contribution in [-0.4, -0.2) is 36.3 Å². The van der Waals surface area contributed by atoms with Gasteiger partial charge in [-0.25, -0.2) is 18.0 Å². The van der Waals surface area contributed by atoms with Crippen LogP contribution in [0.25, 0.3) is 0 Å². The highest BCUT2D eigenvalue weighted by molar-refractivity contribution is 7.92. The maximum Gasteiger partial charge on any atom is 0.350 e. The number of nitrogens with zero attached hydrogens (tertiary/aromatic N) is 2. The fourth-order valence-corrected chi connectivity index (χ4v) is 3.33. The summed E-state index contributed by atoms with van der Waals surface area (Å²) in [5.41, 5.74) is 0.108. The van der Waals surface area contributed by atoms with Crippen molar-refractivity contribution < 1.29 is 27.5 Å². The topological polar surface area (TPSA) is 137 Å². The Hall–Kier alpha value is -3.18. The van der Waals surface area contributed by atoms with Gasteiger partial charge in [0.1, 0.15) is 0 Å². The largest absolute Gasteiger partial charge is 0.419 e. The van der Waals surface area contributed by atoms with Gasteiger partial charge < -0.3 is 14.8 Å². The summed E-state index contributed by atoms with van der Waals surface area (Å²) < 4.78 is 37.0. The van der Waals surface area contributed by atoms with Crippen molar-refractivity contribution in [3.63, 3.8) is 0 Å². The number of carbonyl (C=O) groups is 2. The molecular weight excluding hydrogens is 424 g/mol. The lowest BCUT2D eigenvalue weighted by atomic mass is 10.2. The first-order valence-corrected chi connectivity index (χ1v) is 9.97. The highest BCUT2D eigenvalue weighted by Gasteiger charge is 2.38. The van der Waals surface area contributed by atoms with Crippen molar-refractivity contribution in [3.05, 3.63) is 53.3 Å². The van der Waals surface area contributed by atoms with Gasteiger partial charge in [-0.2, -0.15) is 0 Å². The molecule has 0 radical (unpaired) electrons. The molecule has 0 atom stereocenters.